The van der Waals surface area contributed by atoms with E-state index in [-0.39, 0.29) is 5.75 Å². The second kappa shape index (κ2) is 5.49. The molecule has 1 heterocycles. The van der Waals surface area contributed by atoms with Gasteiger partial charge in [-0.1, -0.05) is 30.3 Å². The molecule has 6 heteroatoms. The lowest BCUT2D eigenvalue weighted by Gasteiger charge is -2.15. The third-order valence-electron chi connectivity index (χ3n) is 2.60. The first-order valence-electron chi connectivity index (χ1n) is 5.49. The lowest BCUT2D eigenvalue weighted by molar-refractivity contribution is 0.593. The van der Waals surface area contributed by atoms with Crippen molar-refractivity contribution in [1.29, 1.82) is 0 Å². The van der Waals surface area contributed by atoms with Gasteiger partial charge >= 0.3 is 0 Å². The van der Waals surface area contributed by atoms with Crippen LogP contribution in [0.15, 0.2) is 41.9 Å². The van der Waals surface area contributed by atoms with Crippen molar-refractivity contribution in [2.75, 3.05) is 17.1 Å². The summed E-state index contributed by atoms with van der Waals surface area (Å²) in [6.45, 7) is 0. The molecule has 1 aromatic heterocycles. The molecule has 0 N–H and O–H groups in total. The summed E-state index contributed by atoms with van der Waals surface area (Å²) in [4.78, 5) is 4.00. The third kappa shape index (κ3) is 3.08. The second-order valence-electron chi connectivity index (χ2n) is 3.83. The zero-order valence-corrected chi connectivity index (χ0v) is 11.6. The molecule has 96 valence electrons. The molecular formula is C12H14N2O2S2. The number of aromatic nitrogens is 1. The van der Waals surface area contributed by atoms with Crippen molar-refractivity contribution in [3.05, 3.63) is 47.5 Å². The van der Waals surface area contributed by atoms with Crippen LogP contribution in [0, 0.1) is 0 Å². The van der Waals surface area contributed by atoms with Crippen molar-refractivity contribution < 1.29 is 8.42 Å². The molecule has 18 heavy (non-hydrogen) atoms. The highest BCUT2D eigenvalue weighted by Crippen LogP contribution is 2.19. The fraction of sp³-hybridized carbons (Fsp3) is 0.250. The normalized spacial score (nSPS) is 11.4. The van der Waals surface area contributed by atoms with E-state index in [0.29, 0.717) is 11.6 Å². The third-order valence-corrected chi connectivity index (χ3v) is 5.29. The minimum atomic E-state index is -3.30. The summed E-state index contributed by atoms with van der Waals surface area (Å²) < 4.78 is 25.4. The summed E-state index contributed by atoms with van der Waals surface area (Å²) in [6, 6.07) is 9.59. The van der Waals surface area contributed by atoms with Crippen LogP contribution in [0.1, 0.15) is 5.56 Å². The van der Waals surface area contributed by atoms with Crippen molar-refractivity contribution in [2.45, 2.75) is 6.42 Å². The number of anilines is 1. The van der Waals surface area contributed by atoms with Gasteiger partial charge in [0.1, 0.15) is 0 Å². The van der Waals surface area contributed by atoms with Crippen LogP contribution in [0.3, 0.4) is 0 Å². The van der Waals surface area contributed by atoms with Gasteiger partial charge in [-0.25, -0.2) is 17.7 Å². The van der Waals surface area contributed by atoms with Crippen LogP contribution in [0.25, 0.3) is 0 Å². The van der Waals surface area contributed by atoms with Crippen LogP contribution in [-0.4, -0.2) is 26.2 Å². The van der Waals surface area contributed by atoms with Crippen LogP contribution in [0.2, 0.25) is 0 Å². The van der Waals surface area contributed by atoms with Gasteiger partial charge in [0.2, 0.25) is 10.0 Å². The minimum Gasteiger partial charge on any atom is -0.248 e. The van der Waals surface area contributed by atoms with Gasteiger partial charge in [0.15, 0.2) is 5.13 Å². The van der Waals surface area contributed by atoms with E-state index in [1.165, 1.54) is 15.6 Å². The highest BCUT2D eigenvalue weighted by Gasteiger charge is 2.19. The monoisotopic (exact) mass is 282 g/mol. The Balaban J connectivity index is 2.04. The van der Waals surface area contributed by atoms with Crippen LogP contribution in [0.4, 0.5) is 5.13 Å². The van der Waals surface area contributed by atoms with Crippen LogP contribution >= 0.6 is 11.3 Å². The number of aryl methyl sites for hydroxylation is 1. The molecule has 0 fully saturated rings. The summed E-state index contributed by atoms with van der Waals surface area (Å²) in [7, 11) is -1.76. The molecule has 0 atom stereocenters. The summed E-state index contributed by atoms with van der Waals surface area (Å²) in [6.07, 6.45) is 2.11. The standard InChI is InChI=1S/C12H14N2O2S2/c1-14(12-13-8-9-17-12)18(15,16)10-7-11-5-3-2-4-6-11/h2-6,8-9H,7,10H2,1H3. The van der Waals surface area contributed by atoms with E-state index < -0.39 is 10.0 Å². The Labute approximate surface area is 111 Å². The predicted molar refractivity (Wildman–Crippen MR) is 74.4 cm³/mol. The quantitative estimate of drug-likeness (QED) is 0.844. The average molecular weight is 282 g/mol. The van der Waals surface area contributed by atoms with Gasteiger partial charge in [0, 0.05) is 18.6 Å². The Morgan fingerprint density at radius 2 is 2.00 bits per heavy atom. The van der Waals surface area contributed by atoms with Crippen molar-refractivity contribution in [3.8, 4) is 0 Å². The van der Waals surface area contributed by atoms with E-state index in [9.17, 15) is 8.42 Å². The van der Waals surface area contributed by atoms with Gasteiger partial charge in [-0.3, -0.25) is 0 Å². The first kappa shape index (κ1) is 13.0. The average Bonchev–Trinajstić information content (AvgIpc) is 2.90. The number of hydrogen-bond donors (Lipinski definition) is 0. The smallest absolute Gasteiger partial charge is 0.236 e. The molecule has 0 radical (unpaired) electrons. The van der Waals surface area contributed by atoms with Gasteiger partial charge in [-0.05, 0) is 12.0 Å². The van der Waals surface area contributed by atoms with E-state index in [1.807, 2.05) is 30.3 Å². The Bertz CT molecular complexity index is 580. The SMILES string of the molecule is CN(c1nccs1)S(=O)(=O)CCc1ccccc1. The molecule has 0 saturated heterocycles. The molecule has 0 unspecified atom stereocenters. The van der Waals surface area contributed by atoms with Crippen LogP contribution in [0.5, 0.6) is 0 Å². The first-order chi connectivity index (χ1) is 8.59. The summed E-state index contributed by atoms with van der Waals surface area (Å²) in [5.74, 6) is 0.0904. The zero-order valence-electron chi connectivity index (χ0n) is 9.98. The summed E-state index contributed by atoms with van der Waals surface area (Å²) in [5, 5.41) is 2.27. The van der Waals surface area contributed by atoms with Gasteiger partial charge in [-0.15, -0.1) is 11.3 Å². The van der Waals surface area contributed by atoms with Gasteiger partial charge < -0.3 is 0 Å². The van der Waals surface area contributed by atoms with Crippen molar-refractivity contribution in [3.63, 3.8) is 0 Å². The van der Waals surface area contributed by atoms with Crippen molar-refractivity contribution in [2.24, 2.45) is 0 Å². The molecule has 0 aliphatic rings. The second-order valence-corrected chi connectivity index (χ2v) is 6.83. The van der Waals surface area contributed by atoms with Crippen molar-refractivity contribution >= 4 is 26.5 Å². The molecule has 2 rings (SSSR count). The molecule has 4 nitrogen and oxygen atoms in total. The Morgan fingerprint density at radius 1 is 1.28 bits per heavy atom. The molecule has 1 aromatic carbocycles. The maximum Gasteiger partial charge on any atom is 0.236 e. The first-order valence-corrected chi connectivity index (χ1v) is 7.98. The van der Waals surface area contributed by atoms with E-state index in [2.05, 4.69) is 4.98 Å². The Kier molecular flexibility index (Phi) is 3.98. The molecule has 0 aliphatic heterocycles. The maximum absolute atomic E-state index is 12.1. The number of nitrogens with zero attached hydrogens (tertiary/aromatic N) is 2. The molecule has 0 spiro atoms. The van der Waals surface area contributed by atoms with Gasteiger partial charge in [0.05, 0.1) is 5.75 Å². The fourth-order valence-electron chi connectivity index (χ4n) is 1.52. The number of benzene rings is 1. The predicted octanol–water partition coefficient (Wildman–Crippen LogP) is 2.15. The summed E-state index contributed by atoms with van der Waals surface area (Å²) in [5.41, 5.74) is 1.02. The molecule has 0 amide bonds. The lowest BCUT2D eigenvalue weighted by atomic mass is 10.2. The molecular weight excluding hydrogens is 268 g/mol. The van der Waals surface area contributed by atoms with E-state index in [0.717, 1.165) is 5.56 Å². The van der Waals surface area contributed by atoms with E-state index in [1.54, 1.807) is 18.6 Å². The van der Waals surface area contributed by atoms with E-state index >= 15 is 0 Å². The highest BCUT2D eigenvalue weighted by molar-refractivity contribution is 7.92. The lowest BCUT2D eigenvalue weighted by Crippen LogP contribution is -2.29. The van der Waals surface area contributed by atoms with E-state index in [4.69, 9.17) is 0 Å². The molecule has 0 aliphatic carbocycles. The largest absolute Gasteiger partial charge is 0.248 e. The Morgan fingerprint density at radius 3 is 2.61 bits per heavy atom. The fourth-order valence-corrected chi connectivity index (χ4v) is 3.55. The molecule has 2 aromatic rings. The number of hydrogen-bond acceptors (Lipinski definition) is 4. The number of sulfonamides is 1. The maximum atomic E-state index is 12.1. The van der Waals surface area contributed by atoms with Gasteiger partial charge in [-0.2, -0.15) is 0 Å². The topological polar surface area (TPSA) is 50.3 Å². The van der Waals surface area contributed by atoms with Gasteiger partial charge in [0.25, 0.3) is 0 Å². The zero-order chi connectivity index (χ0) is 13.0. The van der Waals surface area contributed by atoms with Crippen molar-refractivity contribution in [1.82, 2.24) is 4.98 Å². The number of rotatable bonds is 5. The Hall–Kier alpha value is -1.40. The summed E-state index contributed by atoms with van der Waals surface area (Å²) >= 11 is 1.32. The highest BCUT2D eigenvalue weighted by atomic mass is 32.2. The minimum absolute atomic E-state index is 0.0904. The van der Waals surface area contributed by atoms with Crippen LogP contribution in [-0.2, 0) is 16.4 Å². The molecule has 0 bridgehead atoms. The van der Waals surface area contributed by atoms with Crippen LogP contribution < -0.4 is 4.31 Å². The molecule has 0 saturated carbocycles. The number of thiazole rings is 1.